The lowest BCUT2D eigenvalue weighted by Crippen LogP contribution is -2.30. The lowest BCUT2D eigenvalue weighted by molar-refractivity contribution is 0.0772. The first-order chi connectivity index (χ1) is 14.0. The summed E-state index contributed by atoms with van der Waals surface area (Å²) in [6.45, 7) is 3.73. The maximum Gasteiger partial charge on any atom is 0.253 e. The van der Waals surface area contributed by atoms with Crippen LogP contribution in [-0.4, -0.2) is 48.3 Å². The van der Waals surface area contributed by atoms with Gasteiger partial charge in [-0.05, 0) is 43.2 Å². The van der Waals surface area contributed by atoms with Crippen LogP contribution in [0.1, 0.15) is 35.1 Å². The molecule has 0 radical (unpaired) electrons. The number of hydrogen-bond donors (Lipinski definition) is 0. The Morgan fingerprint density at radius 1 is 1.24 bits per heavy atom. The van der Waals surface area contributed by atoms with Crippen LogP contribution in [0.25, 0.3) is 11.0 Å². The second-order valence-corrected chi connectivity index (χ2v) is 7.70. The average Bonchev–Trinajstić information content (AvgIpc) is 3.31. The van der Waals surface area contributed by atoms with Crippen molar-refractivity contribution in [2.24, 2.45) is 0 Å². The van der Waals surface area contributed by atoms with Crippen molar-refractivity contribution in [3.63, 3.8) is 0 Å². The number of benzene rings is 2. The highest BCUT2D eigenvalue weighted by molar-refractivity contribution is 7.74. The molecule has 4 rings (SSSR count). The fraction of sp³-hybridized carbons (Fsp3) is 0.333. The van der Waals surface area contributed by atoms with Crippen molar-refractivity contribution in [1.29, 1.82) is 0 Å². The zero-order chi connectivity index (χ0) is 20.4. The Hall–Kier alpha value is -2.55. The predicted molar refractivity (Wildman–Crippen MR) is 109 cm³/mol. The summed E-state index contributed by atoms with van der Waals surface area (Å²) < 4.78 is 28.3. The number of carbonyl (C=O) groups is 1. The number of hydrogen-bond acceptors (Lipinski definition) is 5. The summed E-state index contributed by atoms with van der Waals surface area (Å²) in [6.07, 6.45) is 0.746. The van der Waals surface area contributed by atoms with Crippen LogP contribution in [0.2, 0.25) is 0 Å². The standard InChI is InChI=1S/C21H23N3O4S/c1-2-24-19-6-4-3-5-18(19)22-20(24)13-15-7-9-16(10-8-15)21(25)23-12-11-17(14-23)28-29(26)27/h3-10,17H,2,11-14H2,1H3,(H,26,27)/p-1. The zero-order valence-corrected chi connectivity index (χ0v) is 16.9. The Morgan fingerprint density at radius 2 is 2.00 bits per heavy atom. The van der Waals surface area contributed by atoms with E-state index in [2.05, 4.69) is 17.6 Å². The molecule has 7 nitrogen and oxygen atoms in total. The molecular weight excluding hydrogens is 390 g/mol. The van der Waals surface area contributed by atoms with Crippen molar-refractivity contribution in [2.45, 2.75) is 32.4 Å². The molecule has 0 N–H and O–H groups in total. The Balaban J connectivity index is 1.46. The number of amides is 1. The van der Waals surface area contributed by atoms with E-state index in [9.17, 15) is 13.6 Å². The lowest BCUT2D eigenvalue weighted by Gasteiger charge is -2.17. The van der Waals surface area contributed by atoms with Crippen LogP contribution in [0.5, 0.6) is 0 Å². The third kappa shape index (κ3) is 4.24. The molecule has 1 amide bonds. The molecular formula is C21H22N3O4S-. The molecule has 2 aromatic carbocycles. The van der Waals surface area contributed by atoms with Crippen LogP contribution >= 0.6 is 0 Å². The molecule has 1 aliphatic heterocycles. The van der Waals surface area contributed by atoms with Crippen LogP contribution in [0.15, 0.2) is 48.5 Å². The topological polar surface area (TPSA) is 87.5 Å². The van der Waals surface area contributed by atoms with Crippen molar-refractivity contribution in [3.8, 4) is 0 Å². The molecule has 0 bridgehead atoms. The third-order valence-corrected chi connectivity index (χ3v) is 5.69. The molecule has 2 heterocycles. The van der Waals surface area contributed by atoms with Gasteiger partial charge in [0, 0.05) is 31.6 Å². The monoisotopic (exact) mass is 412 g/mol. The molecule has 1 fully saturated rings. The quantitative estimate of drug-likeness (QED) is 0.581. The molecule has 2 atom stereocenters. The second-order valence-electron chi connectivity index (χ2n) is 7.10. The Labute approximate surface area is 171 Å². The van der Waals surface area contributed by atoms with E-state index in [-0.39, 0.29) is 12.5 Å². The minimum atomic E-state index is -2.56. The van der Waals surface area contributed by atoms with E-state index in [1.807, 2.05) is 42.5 Å². The summed E-state index contributed by atoms with van der Waals surface area (Å²) in [5.41, 5.74) is 3.78. The molecule has 2 unspecified atom stereocenters. The molecule has 3 aromatic rings. The number of imidazole rings is 1. The van der Waals surface area contributed by atoms with E-state index < -0.39 is 17.5 Å². The first kappa shape index (κ1) is 19.8. The van der Waals surface area contributed by atoms with E-state index in [1.54, 1.807) is 4.90 Å². The van der Waals surface area contributed by atoms with E-state index in [0.29, 0.717) is 24.9 Å². The molecule has 29 heavy (non-hydrogen) atoms. The highest BCUT2D eigenvalue weighted by Gasteiger charge is 2.28. The Kier molecular flexibility index (Phi) is 5.75. The molecule has 8 heteroatoms. The van der Waals surface area contributed by atoms with Gasteiger partial charge in [-0.2, -0.15) is 0 Å². The van der Waals surface area contributed by atoms with Gasteiger partial charge in [0.05, 0.1) is 28.5 Å². The second kappa shape index (κ2) is 8.44. The van der Waals surface area contributed by atoms with E-state index >= 15 is 0 Å². The number of para-hydroxylation sites is 2. The van der Waals surface area contributed by atoms with Crippen molar-refractivity contribution >= 4 is 28.3 Å². The molecule has 0 spiro atoms. The first-order valence-electron chi connectivity index (χ1n) is 9.64. The average molecular weight is 412 g/mol. The van der Waals surface area contributed by atoms with Gasteiger partial charge in [-0.25, -0.2) is 9.19 Å². The van der Waals surface area contributed by atoms with Gasteiger partial charge in [0.25, 0.3) is 5.91 Å². The smallest absolute Gasteiger partial charge is 0.253 e. The Bertz CT molecular complexity index is 1050. The molecule has 0 saturated carbocycles. The van der Waals surface area contributed by atoms with Crippen molar-refractivity contribution in [2.75, 3.05) is 13.1 Å². The first-order valence-corrected chi connectivity index (χ1v) is 10.6. The molecule has 0 aliphatic carbocycles. The summed E-state index contributed by atoms with van der Waals surface area (Å²) in [6, 6.07) is 15.6. The summed E-state index contributed by atoms with van der Waals surface area (Å²) in [5.74, 6) is 0.887. The van der Waals surface area contributed by atoms with Crippen LogP contribution in [0.4, 0.5) is 0 Å². The maximum absolute atomic E-state index is 12.7. The number of aryl methyl sites for hydroxylation is 1. The maximum atomic E-state index is 12.7. The van der Waals surface area contributed by atoms with E-state index in [0.717, 1.165) is 29.0 Å². The summed E-state index contributed by atoms with van der Waals surface area (Å²) in [5, 5.41) is 0. The highest BCUT2D eigenvalue weighted by atomic mass is 32.2. The van der Waals surface area contributed by atoms with Gasteiger partial charge >= 0.3 is 0 Å². The SMILES string of the molecule is CCn1c(Cc2ccc(C(=O)N3CCC(OS(=O)[O-])C3)cc2)nc2ccccc21. The number of rotatable bonds is 6. The van der Waals surface area contributed by atoms with E-state index in [1.165, 1.54) is 0 Å². The number of likely N-dealkylation sites (tertiary alicyclic amines) is 1. The largest absolute Gasteiger partial charge is 0.750 e. The lowest BCUT2D eigenvalue weighted by atomic mass is 10.1. The van der Waals surface area contributed by atoms with Gasteiger partial charge < -0.3 is 14.0 Å². The van der Waals surface area contributed by atoms with Gasteiger partial charge in [-0.3, -0.25) is 8.98 Å². The van der Waals surface area contributed by atoms with Gasteiger partial charge in [-0.15, -0.1) is 0 Å². The Morgan fingerprint density at radius 3 is 2.72 bits per heavy atom. The molecule has 1 aliphatic rings. The minimum absolute atomic E-state index is 0.111. The van der Waals surface area contributed by atoms with Gasteiger partial charge in [0.15, 0.2) is 0 Å². The number of carbonyl (C=O) groups excluding carboxylic acids is 1. The van der Waals surface area contributed by atoms with Gasteiger partial charge in [0.1, 0.15) is 5.82 Å². The van der Waals surface area contributed by atoms with Crippen molar-refractivity contribution in [1.82, 2.24) is 14.5 Å². The van der Waals surface area contributed by atoms with E-state index in [4.69, 9.17) is 9.17 Å². The summed E-state index contributed by atoms with van der Waals surface area (Å²) >= 11 is -2.56. The number of aromatic nitrogens is 2. The molecule has 1 aromatic heterocycles. The highest BCUT2D eigenvalue weighted by Crippen LogP contribution is 2.20. The van der Waals surface area contributed by atoms with Crippen LogP contribution in [0, 0.1) is 0 Å². The van der Waals surface area contributed by atoms with Crippen molar-refractivity contribution in [3.05, 3.63) is 65.5 Å². The van der Waals surface area contributed by atoms with Crippen molar-refractivity contribution < 1.29 is 17.7 Å². The van der Waals surface area contributed by atoms with Crippen LogP contribution in [0.3, 0.4) is 0 Å². The predicted octanol–water partition coefficient (Wildman–Crippen LogP) is 2.67. The van der Waals surface area contributed by atoms with Gasteiger partial charge in [0.2, 0.25) is 0 Å². The third-order valence-electron chi connectivity index (χ3n) is 5.26. The van der Waals surface area contributed by atoms with Gasteiger partial charge in [-0.1, -0.05) is 24.3 Å². The summed E-state index contributed by atoms with van der Waals surface area (Å²) in [7, 11) is 0. The molecule has 1 saturated heterocycles. The fourth-order valence-electron chi connectivity index (χ4n) is 3.85. The van der Waals surface area contributed by atoms with Crippen LogP contribution < -0.4 is 0 Å². The molecule has 152 valence electrons. The zero-order valence-electron chi connectivity index (χ0n) is 16.1. The normalized spacial score (nSPS) is 17.7. The minimum Gasteiger partial charge on any atom is -0.750 e. The number of fused-ring (bicyclic) bond motifs is 1. The number of nitrogens with zero attached hydrogens (tertiary/aromatic N) is 3. The summed E-state index contributed by atoms with van der Waals surface area (Å²) in [4.78, 5) is 19.0. The van der Waals surface area contributed by atoms with Crippen LogP contribution in [-0.2, 0) is 28.5 Å². The fourth-order valence-corrected chi connectivity index (χ4v) is 4.23.